The average molecular weight is 212 g/mol. The summed E-state index contributed by atoms with van der Waals surface area (Å²) < 4.78 is 5.47. The standard InChI is InChI=1S/C11H20N2O2/c1-3-10(4-5-12)13-6-11(7-14)15-8-9(13)2/h9-11,14H,3-4,6-8H2,1-2H3. The maximum Gasteiger partial charge on any atom is 0.0933 e. The van der Waals surface area contributed by atoms with Gasteiger partial charge >= 0.3 is 0 Å². The molecular formula is C11H20N2O2. The Kier molecular flexibility index (Phi) is 5.03. The van der Waals surface area contributed by atoms with E-state index in [-0.39, 0.29) is 12.7 Å². The van der Waals surface area contributed by atoms with Crippen molar-refractivity contribution in [3.05, 3.63) is 0 Å². The molecule has 15 heavy (non-hydrogen) atoms. The largest absolute Gasteiger partial charge is 0.394 e. The first-order chi connectivity index (χ1) is 7.22. The molecule has 0 radical (unpaired) electrons. The van der Waals surface area contributed by atoms with Gasteiger partial charge in [0.15, 0.2) is 0 Å². The normalized spacial score (nSPS) is 29.7. The third-order valence-corrected chi connectivity index (χ3v) is 3.02. The van der Waals surface area contributed by atoms with Crippen molar-refractivity contribution in [2.24, 2.45) is 0 Å². The summed E-state index contributed by atoms with van der Waals surface area (Å²) in [5.41, 5.74) is 0. The highest BCUT2D eigenvalue weighted by Gasteiger charge is 2.29. The number of rotatable bonds is 4. The number of aliphatic hydroxyl groups excluding tert-OH is 1. The smallest absolute Gasteiger partial charge is 0.0933 e. The molecule has 1 rings (SSSR count). The van der Waals surface area contributed by atoms with Crippen molar-refractivity contribution in [1.29, 1.82) is 5.26 Å². The van der Waals surface area contributed by atoms with Crippen LogP contribution in [0, 0.1) is 11.3 Å². The number of hydrogen-bond acceptors (Lipinski definition) is 4. The molecule has 0 bridgehead atoms. The topological polar surface area (TPSA) is 56.5 Å². The Morgan fingerprint density at radius 3 is 2.93 bits per heavy atom. The van der Waals surface area contributed by atoms with E-state index in [4.69, 9.17) is 15.1 Å². The van der Waals surface area contributed by atoms with Crippen molar-refractivity contribution >= 4 is 0 Å². The zero-order valence-corrected chi connectivity index (χ0v) is 9.52. The third kappa shape index (κ3) is 3.16. The second-order valence-electron chi connectivity index (χ2n) is 4.11. The maximum absolute atomic E-state index is 9.06. The minimum Gasteiger partial charge on any atom is -0.394 e. The fraction of sp³-hybridized carbons (Fsp3) is 0.909. The molecule has 0 saturated carbocycles. The van der Waals surface area contributed by atoms with Crippen LogP contribution in [0.1, 0.15) is 26.7 Å². The minimum absolute atomic E-state index is 0.0617. The molecule has 0 amide bonds. The van der Waals surface area contributed by atoms with Gasteiger partial charge in [0.1, 0.15) is 0 Å². The van der Waals surface area contributed by atoms with Gasteiger partial charge in [-0.3, -0.25) is 4.90 Å². The Bertz CT molecular complexity index is 227. The number of nitriles is 1. The minimum atomic E-state index is -0.0889. The van der Waals surface area contributed by atoms with E-state index in [2.05, 4.69) is 24.8 Å². The summed E-state index contributed by atoms with van der Waals surface area (Å²) >= 11 is 0. The molecule has 0 aliphatic carbocycles. The summed E-state index contributed by atoms with van der Waals surface area (Å²) in [5, 5.41) is 17.8. The molecule has 1 aliphatic rings. The molecule has 0 spiro atoms. The second kappa shape index (κ2) is 6.06. The average Bonchev–Trinajstić information content (AvgIpc) is 2.27. The Morgan fingerprint density at radius 1 is 1.67 bits per heavy atom. The van der Waals surface area contributed by atoms with E-state index >= 15 is 0 Å². The molecule has 1 aliphatic heterocycles. The summed E-state index contributed by atoms with van der Waals surface area (Å²) in [6, 6.07) is 2.86. The van der Waals surface area contributed by atoms with Gasteiger partial charge in [0.25, 0.3) is 0 Å². The molecule has 1 N–H and O–H groups in total. The van der Waals surface area contributed by atoms with Crippen LogP contribution in [-0.2, 0) is 4.74 Å². The number of ether oxygens (including phenoxy) is 1. The van der Waals surface area contributed by atoms with Gasteiger partial charge < -0.3 is 9.84 Å². The first kappa shape index (κ1) is 12.4. The lowest BCUT2D eigenvalue weighted by atomic mass is 10.1. The molecular weight excluding hydrogens is 192 g/mol. The zero-order chi connectivity index (χ0) is 11.3. The van der Waals surface area contributed by atoms with Crippen molar-refractivity contribution in [2.45, 2.75) is 44.9 Å². The first-order valence-electron chi connectivity index (χ1n) is 5.58. The molecule has 1 heterocycles. The van der Waals surface area contributed by atoms with E-state index < -0.39 is 0 Å². The third-order valence-electron chi connectivity index (χ3n) is 3.02. The van der Waals surface area contributed by atoms with Crippen molar-refractivity contribution in [1.82, 2.24) is 4.90 Å². The number of nitrogens with zero attached hydrogens (tertiary/aromatic N) is 2. The van der Waals surface area contributed by atoms with Crippen LogP contribution in [0.3, 0.4) is 0 Å². The highest BCUT2D eigenvalue weighted by Crippen LogP contribution is 2.18. The van der Waals surface area contributed by atoms with Crippen molar-refractivity contribution in [3.63, 3.8) is 0 Å². The lowest BCUT2D eigenvalue weighted by Crippen LogP contribution is -2.53. The van der Waals surface area contributed by atoms with Crippen molar-refractivity contribution < 1.29 is 9.84 Å². The molecule has 4 heteroatoms. The predicted octanol–water partition coefficient (Wildman–Crippen LogP) is 0.760. The molecule has 3 atom stereocenters. The van der Waals surface area contributed by atoms with E-state index in [1.807, 2.05) is 0 Å². The van der Waals surface area contributed by atoms with Gasteiger partial charge in [-0.2, -0.15) is 5.26 Å². The lowest BCUT2D eigenvalue weighted by molar-refractivity contribution is -0.0909. The number of aliphatic hydroxyl groups is 1. The van der Waals surface area contributed by atoms with E-state index in [0.29, 0.717) is 25.1 Å². The second-order valence-corrected chi connectivity index (χ2v) is 4.11. The maximum atomic E-state index is 9.06. The van der Waals surface area contributed by atoms with E-state index in [0.717, 1.165) is 13.0 Å². The molecule has 1 saturated heterocycles. The summed E-state index contributed by atoms with van der Waals surface area (Å²) in [7, 11) is 0. The van der Waals surface area contributed by atoms with Crippen molar-refractivity contribution in [2.75, 3.05) is 19.8 Å². The molecule has 86 valence electrons. The zero-order valence-electron chi connectivity index (χ0n) is 9.52. The fourth-order valence-corrected chi connectivity index (χ4v) is 2.06. The summed E-state index contributed by atoms with van der Waals surface area (Å²) in [5.74, 6) is 0. The van der Waals surface area contributed by atoms with Crippen LogP contribution < -0.4 is 0 Å². The SMILES string of the molecule is CCC(CC#N)N1CC(CO)OCC1C. The van der Waals surface area contributed by atoms with E-state index in [9.17, 15) is 0 Å². The van der Waals surface area contributed by atoms with Gasteiger partial charge in [-0.25, -0.2) is 0 Å². The Labute approximate surface area is 91.4 Å². The van der Waals surface area contributed by atoms with Gasteiger partial charge in [-0.15, -0.1) is 0 Å². The van der Waals surface area contributed by atoms with Crippen LogP contribution in [0.5, 0.6) is 0 Å². The summed E-state index contributed by atoms with van der Waals surface area (Å²) in [6.07, 6.45) is 1.43. The Hall–Kier alpha value is -0.630. The first-order valence-corrected chi connectivity index (χ1v) is 5.58. The molecule has 3 unspecified atom stereocenters. The molecule has 0 aromatic heterocycles. The highest BCUT2D eigenvalue weighted by molar-refractivity contribution is 4.87. The van der Waals surface area contributed by atoms with E-state index in [1.54, 1.807) is 0 Å². The van der Waals surface area contributed by atoms with Crippen LogP contribution in [-0.4, -0.2) is 48.0 Å². The molecule has 1 fully saturated rings. The summed E-state index contributed by atoms with van der Waals surface area (Å²) in [6.45, 7) is 5.64. The highest BCUT2D eigenvalue weighted by atomic mass is 16.5. The van der Waals surface area contributed by atoms with Gasteiger partial charge in [0.2, 0.25) is 0 Å². The van der Waals surface area contributed by atoms with Crippen LogP contribution in [0.4, 0.5) is 0 Å². The van der Waals surface area contributed by atoms with Crippen LogP contribution >= 0.6 is 0 Å². The summed E-state index contributed by atoms with van der Waals surface area (Å²) in [4.78, 5) is 2.29. The number of morpholine rings is 1. The van der Waals surface area contributed by atoms with Crippen LogP contribution in [0.15, 0.2) is 0 Å². The van der Waals surface area contributed by atoms with Crippen LogP contribution in [0.25, 0.3) is 0 Å². The van der Waals surface area contributed by atoms with Crippen molar-refractivity contribution in [3.8, 4) is 6.07 Å². The number of hydrogen-bond donors (Lipinski definition) is 1. The molecule has 0 aromatic rings. The van der Waals surface area contributed by atoms with E-state index in [1.165, 1.54) is 0 Å². The Morgan fingerprint density at radius 2 is 2.40 bits per heavy atom. The quantitative estimate of drug-likeness (QED) is 0.747. The predicted molar refractivity (Wildman–Crippen MR) is 57.3 cm³/mol. The van der Waals surface area contributed by atoms with Gasteiger partial charge in [-0.1, -0.05) is 6.92 Å². The molecule has 0 aromatic carbocycles. The Balaban J connectivity index is 2.59. The van der Waals surface area contributed by atoms with Gasteiger partial charge in [-0.05, 0) is 13.3 Å². The van der Waals surface area contributed by atoms with Gasteiger partial charge in [0, 0.05) is 18.6 Å². The monoisotopic (exact) mass is 212 g/mol. The fourth-order valence-electron chi connectivity index (χ4n) is 2.06. The van der Waals surface area contributed by atoms with Gasteiger partial charge in [0.05, 0.1) is 31.8 Å². The molecule has 4 nitrogen and oxygen atoms in total. The lowest BCUT2D eigenvalue weighted by Gasteiger charge is -2.41. The van der Waals surface area contributed by atoms with Crippen LogP contribution in [0.2, 0.25) is 0 Å².